The summed E-state index contributed by atoms with van der Waals surface area (Å²) in [5.74, 6) is 0.677. The highest BCUT2D eigenvalue weighted by atomic mass is 35.5. The van der Waals surface area contributed by atoms with Crippen LogP contribution in [-0.2, 0) is 22.8 Å². The Hall–Kier alpha value is -3.80. The van der Waals surface area contributed by atoms with Crippen molar-refractivity contribution in [3.63, 3.8) is 0 Å². The largest absolute Gasteiger partial charge is 0.351 e. The minimum absolute atomic E-state index is 0.0521. The molecule has 1 N–H and O–H groups in total. The number of H-pyrrole nitrogens is 1. The molecule has 5 rings (SSSR count). The van der Waals surface area contributed by atoms with Gasteiger partial charge in [-0.15, -0.1) is 10.2 Å². The molecule has 0 bridgehead atoms. The number of hydrogen-bond acceptors (Lipinski definition) is 7. The third kappa shape index (κ3) is 5.45. The molecule has 3 aromatic carbocycles. The molecule has 1 unspecified atom stereocenters. The number of tetrazole rings is 1. The molecule has 0 radical (unpaired) electrons. The Labute approximate surface area is 240 Å². The van der Waals surface area contributed by atoms with Crippen LogP contribution in [0.5, 0.6) is 0 Å². The molecule has 0 fully saturated rings. The van der Waals surface area contributed by atoms with Crippen molar-refractivity contribution in [3.05, 3.63) is 116 Å². The van der Waals surface area contributed by atoms with Gasteiger partial charge >= 0.3 is 5.69 Å². The molecule has 0 saturated carbocycles. The van der Waals surface area contributed by atoms with Gasteiger partial charge in [0.1, 0.15) is 5.82 Å². The topological polar surface area (TPSA) is 128 Å². The standard InChI is InChI=1S/C27H25Cl2N7O3S/c1-2-3-12-24-32-36(23-11-7-6-10-22(23)29)27(37)35(24)17-18-13-15-19(16-14-18)40(38,39)25(26-30-33-34-31-26)20-8-4-5-9-21(20)28/h4-11,13-16,25H,2-3,12,17H2,1H3,(H,30,31,33,34). The minimum atomic E-state index is -4.01. The van der Waals surface area contributed by atoms with E-state index in [-0.39, 0.29) is 28.0 Å². The molecule has 2 aromatic heterocycles. The van der Waals surface area contributed by atoms with Gasteiger partial charge in [-0.25, -0.2) is 18.3 Å². The highest BCUT2D eigenvalue weighted by Gasteiger charge is 2.35. The van der Waals surface area contributed by atoms with Gasteiger partial charge in [-0.05, 0) is 58.3 Å². The van der Waals surface area contributed by atoms with Crippen molar-refractivity contribution in [2.75, 3.05) is 0 Å². The molecule has 13 heteroatoms. The number of nitrogens with zero attached hydrogens (tertiary/aromatic N) is 6. The van der Waals surface area contributed by atoms with Crippen molar-refractivity contribution in [1.82, 2.24) is 35.0 Å². The zero-order chi connectivity index (χ0) is 28.3. The fourth-order valence-corrected chi connectivity index (χ4v) is 6.67. The van der Waals surface area contributed by atoms with Crippen molar-refractivity contribution >= 4 is 33.0 Å². The van der Waals surface area contributed by atoms with Gasteiger partial charge in [-0.3, -0.25) is 4.57 Å². The lowest BCUT2D eigenvalue weighted by Gasteiger charge is -2.17. The summed E-state index contributed by atoms with van der Waals surface area (Å²) in [5, 5.41) is 17.6. The highest BCUT2D eigenvalue weighted by molar-refractivity contribution is 7.91. The first-order valence-electron chi connectivity index (χ1n) is 12.6. The van der Waals surface area contributed by atoms with Crippen molar-refractivity contribution in [1.29, 1.82) is 0 Å². The Morgan fingerprint density at radius 2 is 1.65 bits per heavy atom. The van der Waals surface area contributed by atoms with E-state index >= 15 is 0 Å². The first-order chi connectivity index (χ1) is 19.3. The van der Waals surface area contributed by atoms with Crippen LogP contribution in [0.2, 0.25) is 10.0 Å². The molecular weight excluding hydrogens is 573 g/mol. The number of benzene rings is 3. The molecule has 0 amide bonds. The van der Waals surface area contributed by atoms with Gasteiger partial charge in [-0.2, -0.15) is 4.68 Å². The number of aryl methyl sites for hydroxylation is 1. The second-order valence-corrected chi connectivity index (χ2v) is 12.0. The van der Waals surface area contributed by atoms with Gasteiger partial charge in [0.25, 0.3) is 0 Å². The predicted molar refractivity (Wildman–Crippen MR) is 152 cm³/mol. The van der Waals surface area contributed by atoms with Gasteiger partial charge in [0.2, 0.25) is 0 Å². The maximum atomic E-state index is 13.8. The SMILES string of the molecule is CCCCc1nn(-c2ccccc2Cl)c(=O)n1Cc1ccc(S(=O)(=O)C(c2nnn[nH]2)c2ccccc2Cl)cc1. The lowest BCUT2D eigenvalue weighted by Crippen LogP contribution is -2.25. The van der Waals surface area contributed by atoms with E-state index in [1.807, 2.05) is 0 Å². The monoisotopic (exact) mass is 597 g/mol. The van der Waals surface area contributed by atoms with Crippen molar-refractivity contribution in [2.24, 2.45) is 0 Å². The second kappa shape index (κ2) is 11.7. The summed E-state index contributed by atoms with van der Waals surface area (Å²) in [6.07, 6.45) is 2.41. The summed E-state index contributed by atoms with van der Waals surface area (Å²) < 4.78 is 30.5. The Balaban J connectivity index is 1.49. The van der Waals surface area contributed by atoms with Crippen LogP contribution >= 0.6 is 23.2 Å². The van der Waals surface area contributed by atoms with Crippen LogP contribution in [0.1, 0.15) is 47.8 Å². The van der Waals surface area contributed by atoms with E-state index < -0.39 is 15.1 Å². The number of sulfone groups is 1. The third-order valence-electron chi connectivity index (χ3n) is 6.47. The third-order valence-corrected chi connectivity index (χ3v) is 9.17. The number of unbranched alkanes of at least 4 members (excludes halogenated alkanes) is 1. The van der Waals surface area contributed by atoms with Crippen LogP contribution in [0.15, 0.2) is 82.5 Å². The fourth-order valence-electron chi connectivity index (χ4n) is 4.43. The summed E-state index contributed by atoms with van der Waals surface area (Å²) in [7, 11) is -4.01. The van der Waals surface area contributed by atoms with E-state index in [1.165, 1.54) is 16.8 Å². The zero-order valence-corrected chi connectivity index (χ0v) is 23.7. The van der Waals surface area contributed by atoms with Gasteiger partial charge in [-0.1, -0.05) is 79.0 Å². The lowest BCUT2D eigenvalue weighted by molar-refractivity contribution is 0.586. The maximum Gasteiger partial charge on any atom is 0.351 e. The van der Waals surface area contributed by atoms with Gasteiger partial charge in [0.05, 0.1) is 22.2 Å². The van der Waals surface area contributed by atoms with Gasteiger partial charge < -0.3 is 0 Å². The number of hydrogen-bond donors (Lipinski definition) is 1. The van der Waals surface area contributed by atoms with Crippen LogP contribution < -0.4 is 5.69 Å². The Morgan fingerprint density at radius 1 is 0.950 bits per heavy atom. The fraction of sp³-hybridized carbons (Fsp3) is 0.222. The molecule has 0 aliphatic rings. The smallest absolute Gasteiger partial charge is 0.274 e. The summed E-state index contributed by atoms with van der Waals surface area (Å²) >= 11 is 12.7. The van der Waals surface area contributed by atoms with Crippen LogP contribution in [0.4, 0.5) is 0 Å². The number of halogens is 2. The average molecular weight is 599 g/mol. The van der Waals surface area contributed by atoms with Crippen molar-refractivity contribution in [3.8, 4) is 5.69 Å². The number of nitrogens with one attached hydrogen (secondary N) is 1. The minimum Gasteiger partial charge on any atom is -0.274 e. The summed E-state index contributed by atoms with van der Waals surface area (Å²) in [5.41, 5.74) is 1.26. The molecule has 10 nitrogen and oxygen atoms in total. The van der Waals surface area contributed by atoms with Crippen molar-refractivity contribution < 1.29 is 8.42 Å². The van der Waals surface area contributed by atoms with E-state index in [0.29, 0.717) is 28.5 Å². The maximum absolute atomic E-state index is 13.8. The molecule has 5 aromatic rings. The quantitative estimate of drug-likeness (QED) is 0.244. The molecule has 2 heterocycles. The Bertz CT molecular complexity index is 1780. The van der Waals surface area contributed by atoms with Crippen molar-refractivity contribution in [2.45, 2.75) is 42.9 Å². The summed E-state index contributed by atoms with van der Waals surface area (Å²) in [6, 6.07) is 20.1. The normalized spacial score (nSPS) is 12.5. The van der Waals surface area contributed by atoms with Crippen LogP contribution in [0, 0.1) is 0 Å². The first kappa shape index (κ1) is 27.8. The molecule has 1 atom stereocenters. The van der Waals surface area contributed by atoms with E-state index in [2.05, 4.69) is 32.6 Å². The van der Waals surface area contributed by atoms with Gasteiger partial charge in [0.15, 0.2) is 20.9 Å². The number of aromatic amines is 1. The van der Waals surface area contributed by atoms with E-state index in [0.717, 1.165) is 18.4 Å². The number of aromatic nitrogens is 7. The number of para-hydroxylation sites is 1. The average Bonchev–Trinajstić information content (AvgIpc) is 3.58. The van der Waals surface area contributed by atoms with Crippen LogP contribution in [-0.4, -0.2) is 43.4 Å². The zero-order valence-electron chi connectivity index (χ0n) is 21.4. The molecule has 0 saturated heterocycles. The Morgan fingerprint density at radius 3 is 2.30 bits per heavy atom. The number of rotatable bonds is 10. The molecule has 40 heavy (non-hydrogen) atoms. The van der Waals surface area contributed by atoms with E-state index in [4.69, 9.17) is 23.2 Å². The summed E-state index contributed by atoms with van der Waals surface area (Å²) in [6.45, 7) is 2.28. The van der Waals surface area contributed by atoms with Gasteiger partial charge in [0, 0.05) is 11.4 Å². The first-order valence-corrected chi connectivity index (χ1v) is 14.9. The predicted octanol–water partition coefficient (Wildman–Crippen LogP) is 4.81. The molecule has 0 spiro atoms. The molecular formula is C27H25Cl2N7O3S. The highest BCUT2D eigenvalue weighted by Crippen LogP contribution is 2.36. The van der Waals surface area contributed by atoms with E-state index in [1.54, 1.807) is 65.2 Å². The summed E-state index contributed by atoms with van der Waals surface area (Å²) in [4.78, 5) is 13.5. The van der Waals surface area contributed by atoms with E-state index in [9.17, 15) is 13.2 Å². The molecule has 0 aliphatic carbocycles. The molecule has 206 valence electrons. The second-order valence-electron chi connectivity index (χ2n) is 9.13. The van der Waals surface area contributed by atoms with Crippen LogP contribution in [0.25, 0.3) is 5.69 Å². The Kier molecular flexibility index (Phi) is 8.15. The lowest BCUT2D eigenvalue weighted by atomic mass is 10.1. The molecule has 0 aliphatic heterocycles. The van der Waals surface area contributed by atoms with Crippen LogP contribution in [0.3, 0.4) is 0 Å².